The lowest BCUT2D eigenvalue weighted by Crippen LogP contribution is -2.05. The first-order chi connectivity index (χ1) is 13.7. The van der Waals surface area contributed by atoms with Gasteiger partial charge >= 0.3 is 5.97 Å². The summed E-state index contributed by atoms with van der Waals surface area (Å²) in [7, 11) is 0. The van der Waals surface area contributed by atoms with Crippen molar-refractivity contribution in [3.8, 4) is 5.75 Å². The molecular weight excluding hydrogens is 374 g/mol. The molecule has 0 N–H and O–H groups in total. The van der Waals surface area contributed by atoms with Crippen molar-refractivity contribution in [1.82, 2.24) is 0 Å². The van der Waals surface area contributed by atoms with Crippen LogP contribution >= 0.6 is 11.6 Å². The number of halogens is 1. The molecule has 0 aromatic heterocycles. The molecule has 1 aliphatic heterocycles. The van der Waals surface area contributed by atoms with Crippen molar-refractivity contribution < 1.29 is 14.3 Å². The van der Waals surface area contributed by atoms with Gasteiger partial charge in [0.2, 0.25) is 5.90 Å². The van der Waals surface area contributed by atoms with E-state index in [1.807, 2.05) is 66.7 Å². The quantitative estimate of drug-likeness (QED) is 0.441. The van der Waals surface area contributed by atoms with Crippen LogP contribution in [0.15, 0.2) is 89.6 Å². The largest absolute Gasteiger partial charge is 0.487 e. The molecule has 0 radical (unpaired) electrons. The summed E-state index contributed by atoms with van der Waals surface area (Å²) >= 11 is 6.48. The second-order valence-corrected chi connectivity index (χ2v) is 6.51. The van der Waals surface area contributed by atoms with E-state index in [9.17, 15) is 4.79 Å². The van der Waals surface area contributed by atoms with Gasteiger partial charge in [-0.05, 0) is 35.4 Å². The number of carbonyl (C=O) groups is 1. The molecule has 1 aliphatic rings. The maximum atomic E-state index is 12.2. The van der Waals surface area contributed by atoms with E-state index in [0.717, 1.165) is 11.1 Å². The van der Waals surface area contributed by atoms with E-state index < -0.39 is 5.97 Å². The van der Waals surface area contributed by atoms with Gasteiger partial charge in [0, 0.05) is 5.56 Å². The Kier molecular flexibility index (Phi) is 5.22. The molecule has 0 saturated carbocycles. The first-order valence-corrected chi connectivity index (χ1v) is 9.12. The highest BCUT2D eigenvalue weighted by Gasteiger charge is 2.24. The summed E-state index contributed by atoms with van der Waals surface area (Å²) in [6.45, 7) is 0.402. The van der Waals surface area contributed by atoms with E-state index in [1.54, 1.807) is 18.2 Å². The standard InChI is InChI=1S/C23H16ClNO3/c24-21-18(12-7-13-20(21)27-15-16-8-3-1-4-9-16)14-19-23(26)28-22(25-19)17-10-5-2-6-11-17/h1-14H,15H2/b19-14-. The number of esters is 1. The predicted octanol–water partition coefficient (Wildman–Crippen LogP) is 5.26. The Hall–Kier alpha value is -3.37. The highest BCUT2D eigenvalue weighted by molar-refractivity contribution is 6.33. The fourth-order valence-corrected chi connectivity index (χ4v) is 2.98. The number of rotatable bonds is 5. The van der Waals surface area contributed by atoms with Crippen LogP contribution < -0.4 is 4.74 Å². The molecule has 5 heteroatoms. The summed E-state index contributed by atoms with van der Waals surface area (Å²) in [6.07, 6.45) is 1.61. The van der Waals surface area contributed by atoms with Crippen LogP contribution in [0.4, 0.5) is 0 Å². The van der Waals surface area contributed by atoms with Crippen molar-refractivity contribution in [2.45, 2.75) is 6.61 Å². The van der Waals surface area contributed by atoms with Crippen LogP contribution in [0.2, 0.25) is 5.02 Å². The minimum Gasteiger partial charge on any atom is -0.487 e. The zero-order valence-electron chi connectivity index (χ0n) is 14.8. The second-order valence-electron chi connectivity index (χ2n) is 6.14. The third-order valence-corrected chi connectivity index (χ3v) is 4.57. The SMILES string of the molecule is O=C1OC(c2ccccc2)=N/C1=C\c1cccc(OCc2ccccc2)c1Cl. The number of hydrogen-bond acceptors (Lipinski definition) is 4. The number of ether oxygens (including phenoxy) is 2. The molecule has 3 aromatic rings. The monoisotopic (exact) mass is 389 g/mol. The van der Waals surface area contributed by atoms with Crippen molar-refractivity contribution >= 4 is 29.5 Å². The number of nitrogens with zero attached hydrogens (tertiary/aromatic N) is 1. The van der Waals surface area contributed by atoms with Gasteiger partial charge in [-0.25, -0.2) is 9.79 Å². The van der Waals surface area contributed by atoms with Gasteiger partial charge in [-0.1, -0.05) is 72.3 Å². The molecule has 0 spiro atoms. The first-order valence-electron chi connectivity index (χ1n) is 8.74. The van der Waals surface area contributed by atoms with Crippen LogP contribution in [0.25, 0.3) is 6.08 Å². The maximum Gasteiger partial charge on any atom is 0.363 e. The average molecular weight is 390 g/mol. The topological polar surface area (TPSA) is 47.9 Å². The minimum atomic E-state index is -0.509. The number of cyclic esters (lactones) is 1. The molecule has 0 unspecified atom stereocenters. The molecule has 0 atom stereocenters. The molecule has 0 saturated heterocycles. The van der Waals surface area contributed by atoms with Gasteiger partial charge in [-0.15, -0.1) is 0 Å². The highest BCUT2D eigenvalue weighted by atomic mass is 35.5. The van der Waals surface area contributed by atoms with Gasteiger partial charge in [-0.3, -0.25) is 0 Å². The van der Waals surface area contributed by atoms with Gasteiger partial charge < -0.3 is 9.47 Å². The molecule has 28 heavy (non-hydrogen) atoms. The van der Waals surface area contributed by atoms with Crippen molar-refractivity contribution in [3.63, 3.8) is 0 Å². The molecule has 4 rings (SSSR count). The van der Waals surface area contributed by atoms with Gasteiger partial charge in [0.1, 0.15) is 12.4 Å². The fourth-order valence-electron chi connectivity index (χ4n) is 2.75. The molecule has 0 amide bonds. The van der Waals surface area contributed by atoms with Gasteiger partial charge in [0.05, 0.1) is 5.02 Å². The lowest BCUT2D eigenvalue weighted by atomic mass is 10.1. The van der Waals surface area contributed by atoms with Crippen molar-refractivity contribution in [3.05, 3.63) is 106 Å². The summed E-state index contributed by atoms with van der Waals surface area (Å²) in [5.41, 5.74) is 2.61. The van der Waals surface area contributed by atoms with Gasteiger partial charge in [0.25, 0.3) is 0 Å². The number of benzene rings is 3. The summed E-state index contributed by atoms with van der Waals surface area (Å²) in [6, 6.07) is 24.5. The van der Waals surface area contributed by atoms with Crippen molar-refractivity contribution in [2.75, 3.05) is 0 Å². The lowest BCUT2D eigenvalue weighted by molar-refractivity contribution is -0.129. The highest BCUT2D eigenvalue weighted by Crippen LogP contribution is 2.31. The summed E-state index contributed by atoms with van der Waals surface area (Å²) in [5, 5.41) is 0.419. The maximum absolute atomic E-state index is 12.2. The molecule has 0 fully saturated rings. The van der Waals surface area contributed by atoms with Gasteiger partial charge in [0.15, 0.2) is 5.70 Å². The van der Waals surface area contributed by atoms with E-state index in [1.165, 1.54) is 0 Å². The van der Waals surface area contributed by atoms with Crippen LogP contribution in [0, 0.1) is 0 Å². The van der Waals surface area contributed by atoms with Crippen LogP contribution in [0.3, 0.4) is 0 Å². The smallest absolute Gasteiger partial charge is 0.363 e. The molecule has 138 valence electrons. The predicted molar refractivity (Wildman–Crippen MR) is 109 cm³/mol. The summed E-state index contributed by atoms with van der Waals surface area (Å²) < 4.78 is 11.1. The molecule has 0 bridgehead atoms. The first kappa shape index (κ1) is 18.0. The third kappa shape index (κ3) is 3.97. The number of hydrogen-bond donors (Lipinski definition) is 0. The zero-order valence-corrected chi connectivity index (χ0v) is 15.6. The summed E-state index contributed by atoms with van der Waals surface area (Å²) in [4.78, 5) is 16.5. The Morgan fingerprint density at radius 1 is 0.929 bits per heavy atom. The fraction of sp³-hybridized carbons (Fsp3) is 0.0435. The number of aliphatic imine (C=N–C) groups is 1. The van der Waals surface area contributed by atoms with E-state index in [2.05, 4.69) is 4.99 Å². The minimum absolute atomic E-state index is 0.195. The van der Waals surface area contributed by atoms with Crippen molar-refractivity contribution in [1.29, 1.82) is 0 Å². The molecule has 1 heterocycles. The van der Waals surface area contributed by atoms with E-state index in [4.69, 9.17) is 21.1 Å². The van der Waals surface area contributed by atoms with Crippen LogP contribution in [0.1, 0.15) is 16.7 Å². The van der Waals surface area contributed by atoms with Crippen LogP contribution in [-0.2, 0) is 16.1 Å². The van der Waals surface area contributed by atoms with Crippen molar-refractivity contribution in [2.24, 2.45) is 4.99 Å². The Labute approximate surface area is 167 Å². The molecule has 3 aromatic carbocycles. The molecule has 0 aliphatic carbocycles. The van der Waals surface area contributed by atoms with E-state index >= 15 is 0 Å². The Morgan fingerprint density at radius 2 is 1.64 bits per heavy atom. The van der Waals surface area contributed by atoms with Gasteiger partial charge in [-0.2, -0.15) is 0 Å². The Morgan fingerprint density at radius 3 is 2.39 bits per heavy atom. The van der Waals surface area contributed by atoms with E-state index in [-0.39, 0.29) is 11.6 Å². The Bertz CT molecular complexity index is 1060. The number of carbonyl (C=O) groups excluding carboxylic acids is 1. The normalized spacial score (nSPS) is 14.7. The van der Waals surface area contributed by atoms with E-state index in [0.29, 0.717) is 22.9 Å². The average Bonchev–Trinajstić information content (AvgIpc) is 3.10. The second kappa shape index (κ2) is 8.11. The zero-order chi connectivity index (χ0) is 19.3. The van der Waals surface area contributed by atoms with Crippen LogP contribution in [-0.4, -0.2) is 11.9 Å². The Balaban J connectivity index is 1.57. The summed E-state index contributed by atoms with van der Waals surface area (Å²) in [5.74, 6) is 0.313. The lowest BCUT2D eigenvalue weighted by Gasteiger charge is -2.09. The van der Waals surface area contributed by atoms with Crippen LogP contribution in [0.5, 0.6) is 5.75 Å². The molecule has 4 nitrogen and oxygen atoms in total. The third-order valence-electron chi connectivity index (χ3n) is 4.16. The molecular formula is C23H16ClNO3.